The molecule has 0 aliphatic heterocycles. The first kappa shape index (κ1) is 20.6. The fourth-order valence-electron chi connectivity index (χ4n) is 2.69. The van der Waals surface area contributed by atoms with Crippen LogP contribution in [0.15, 0.2) is 53.5 Å². The minimum Gasteiger partial charge on any atom is -0.380 e. The molecule has 150 valence electrons. The van der Waals surface area contributed by atoms with E-state index in [0.717, 1.165) is 0 Å². The van der Waals surface area contributed by atoms with Gasteiger partial charge in [0.05, 0.1) is 21.7 Å². The summed E-state index contributed by atoms with van der Waals surface area (Å²) >= 11 is 1.22. The zero-order valence-corrected chi connectivity index (χ0v) is 16.4. The number of hydrogen-bond donors (Lipinski definition) is 0. The highest BCUT2D eigenvalue weighted by atomic mass is 32.1. The Balaban J connectivity index is 1.89. The lowest BCUT2D eigenvalue weighted by Crippen LogP contribution is -2.19. The van der Waals surface area contributed by atoms with E-state index < -0.39 is 10.8 Å². The summed E-state index contributed by atoms with van der Waals surface area (Å²) in [6.45, 7) is 3.15. The molecule has 0 bridgehead atoms. The van der Waals surface area contributed by atoms with Crippen LogP contribution in [0.5, 0.6) is 0 Å². The molecule has 0 spiro atoms. The van der Waals surface area contributed by atoms with Gasteiger partial charge in [0.15, 0.2) is 4.80 Å². The molecule has 3 aromatic rings. The number of ether oxygens (including phenoxy) is 1. The monoisotopic (exact) mass is 415 g/mol. The lowest BCUT2D eigenvalue weighted by atomic mass is 10.2. The van der Waals surface area contributed by atoms with Crippen molar-refractivity contribution in [1.82, 2.24) is 4.57 Å². The average Bonchev–Trinajstić information content (AvgIpc) is 3.05. The number of hydrogen-bond acceptors (Lipinski definition) is 5. The van der Waals surface area contributed by atoms with Crippen LogP contribution < -0.4 is 4.80 Å². The first-order valence-corrected chi connectivity index (χ1v) is 9.68. The number of para-hydroxylation sites is 1. The number of thiazole rings is 1. The van der Waals surface area contributed by atoms with E-state index in [9.17, 15) is 19.3 Å². The van der Waals surface area contributed by atoms with Gasteiger partial charge >= 0.3 is 0 Å². The van der Waals surface area contributed by atoms with Crippen LogP contribution in [-0.4, -0.2) is 28.6 Å². The van der Waals surface area contributed by atoms with Crippen LogP contribution in [-0.2, 0) is 16.1 Å². The number of rotatable bonds is 7. The zero-order valence-electron chi connectivity index (χ0n) is 15.6. The fraction of sp³-hybridized carbons (Fsp3) is 0.200. The van der Waals surface area contributed by atoms with Crippen molar-refractivity contribution >= 4 is 39.2 Å². The van der Waals surface area contributed by atoms with Gasteiger partial charge in [-0.25, -0.2) is 4.39 Å². The van der Waals surface area contributed by atoms with Crippen molar-refractivity contribution in [3.05, 3.63) is 74.8 Å². The summed E-state index contributed by atoms with van der Waals surface area (Å²) < 4.78 is 22.0. The van der Waals surface area contributed by atoms with E-state index in [1.54, 1.807) is 28.8 Å². The second-order valence-electron chi connectivity index (χ2n) is 5.95. The Kier molecular flexibility index (Phi) is 6.63. The molecule has 0 unspecified atom stereocenters. The Hall–Kier alpha value is -3.17. The molecule has 0 N–H and O–H groups in total. The van der Waals surface area contributed by atoms with Crippen LogP contribution in [0, 0.1) is 15.9 Å². The lowest BCUT2D eigenvalue weighted by molar-refractivity contribution is -0.384. The van der Waals surface area contributed by atoms with Crippen LogP contribution in [0.1, 0.15) is 12.5 Å². The summed E-state index contributed by atoms with van der Waals surface area (Å²) in [5.74, 6) is -0.897. The predicted octanol–water partition coefficient (Wildman–Crippen LogP) is 3.93. The van der Waals surface area contributed by atoms with Gasteiger partial charge in [-0.3, -0.25) is 14.9 Å². The molecule has 1 aromatic heterocycles. The van der Waals surface area contributed by atoms with E-state index >= 15 is 0 Å². The van der Waals surface area contributed by atoms with E-state index in [2.05, 4.69) is 4.99 Å². The molecule has 1 heterocycles. The van der Waals surface area contributed by atoms with Crippen LogP contribution in [0.4, 0.5) is 10.1 Å². The Morgan fingerprint density at radius 3 is 2.76 bits per heavy atom. The van der Waals surface area contributed by atoms with Gasteiger partial charge < -0.3 is 9.30 Å². The maximum absolute atomic E-state index is 14.3. The van der Waals surface area contributed by atoms with Gasteiger partial charge in [-0.15, -0.1) is 0 Å². The summed E-state index contributed by atoms with van der Waals surface area (Å²) in [7, 11) is 0. The van der Waals surface area contributed by atoms with E-state index in [1.165, 1.54) is 41.7 Å². The summed E-state index contributed by atoms with van der Waals surface area (Å²) in [6, 6.07) is 10.6. The normalized spacial score (nSPS) is 12.1. The van der Waals surface area contributed by atoms with E-state index in [-0.39, 0.29) is 11.5 Å². The number of halogens is 1. The van der Waals surface area contributed by atoms with Crippen LogP contribution >= 0.6 is 11.3 Å². The van der Waals surface area contributed by atoms with Gasteiger partial charge in [0, 0.05) is 31.4 Å². The molecule has 0 fully saturated rings. The summed E-state index contributed by atoms with van der Waals surface area (Å²) in [5, 5.41) is 10.7. The molecule has 0 saturated carbocycles. The molecule has 1 amide bonds. The maximum atomic E-state index is 14.3. The number of non-ortho nitro benzene ring substituents is 1. The summed E-state index contributed by atoms with van der Waals surface area (Å²) in [4.78, 5) is 27.0. The minimum atomic E-state index is -0.513. The Morgan fingerprint density at radius 1 is 1.31 bits per heavy atom. The van der Waals surface area contributed by atoms with Crippen molar-refractivity contribution in [3.8, 4) is 0 Å². The molecular weight excluding hydrogens is 397 g/mol. The van der Waals surface area contributed by atoms with Crippen molar-refractivity contribution in [2.24, 2.45) is 4.99 Å². The number of nitro groups is 1. The smallest absolute Gasteiger partial charge is 0.272 e. The van der Waals surface area contributed by atoms with Crippen LogP contribution in [0.3, 0.4) is 0 Å². The number of aromatic nitrogens is 1. The second kappa shape index (κ2) is 9.35. The number of carbonyl (C=O) groups is 1. The maximum Gasteiger partial charge on any atom is 0.272 e. The fourth-order valence-corrected chi connectivity index (χ4v) is 3.76. The molecule has 0 radical (unpaired) electrons. The van der Waals surface area contributed by atoms with Crippen molar-refractivity contribution in [1.29, 1.82) is 0 Å². The minimum absolute atomic E-state index is 0.0270. The standard InChI is InChI=1S/C20H18FN3O4S/c1-2-28-13-12-23-19-16(21)4-3-5-17(19)29-20(23)22-18(25)11-8-14-6-9-15(10-7-14)24(26)27/h3-11H,2,12-13H2,1H3. The number of amides is 1. The largest absolute Gasteiger partial charge is 0.380 e. The highest BCUT2D eigenvalue weighted by molar-refractivity contribution is 7.16. The third-order valence-electron chi connectivity index (χ3n) is 4.04. The van der Waals surface area contributed by atoms with Gasteiger partial charge in [-0.1, -0.05) is 17.4 Å². The van der Waals surface area contributed by atoms with E-state index in [4.69, 9.17) is 4.74 Å². The molecule has 7 nitrogen and oxygen atoms in total. The van der Waals surface area contributed by atoms with Gasteiger partial charge in [0.25, 0.3) is 11.6 Å². The highest BCUT2D eigenvalue weighted by Crippen LogP contribution is 2.20. The molecule has 0 saturated heterocycles. The topological polar surface area (TPSA) is 86.7 Å². The van der Waals surface area contributed by atoms with Gasteiger partial charge in [0.2, 0.25) is 0 Å². The molecule has 0 aliphatic rings. The first-order chi connectivity index (χ1) is 14.0. The molecule has 9 heteroatoms. The highest BCUT2D eigenvalue weighted by Gasteiger charge is 2.11. The molecule has 0 atom stereocenters. The van der Waals surface area contributed by atoms with Gasteiger partial charge in [-0.05, 0) is 42.8 Å². The van der Waals surface area contributed by atoms with Crippen molar-refractivity contribution in [2.45, 2.75) is 13.5 Å². The molecule has 29 heavy (non-hydrogen) atoms. The third kappa shape index (κ3) is 5.01. The number of carbonyl (C=O) groups excluding carboxylic acids is 1. The third-order valence-corrected chi connectivity index (χ3v) is 5.09. The molecule has 3 rings (SSSR count). The Morgan fingerprint density at radius 2 is 2.07 bits per heavy atom. The predicted molar refractivity (Wildman–Crippen MR) is 109 cm³/mol. The van der Waals surface area contributed by atoms with Crippen molar-refractivity contribution in [2.75, 3.05) is 13.2 Å². The Bertz CT molecular complexity index is 1130. The second-order valence-corrected chi connectivity index (χ2v) is 6.96. The number of nitro benzene ring substituents is 1. The van der Waals surface area contributed by atoms with Crippen molar-refractivity contribution < 1.29 is 18.8 Å². The van der Waals surface area contributed by atoms with E-state index in [0.29, 0.717) is 40.3 Å². The number of nitrogens with zero attached hydrogens (tertiary/aromatic N) is 3. The molecule has 0 aliphatic carbocycles. The molecular formula is C20H18FN3O4S. The zero-order chi connectivity index (χ0) is 20.8. The van der Waals surface area contributed by atoms with Crippen molar-refractivity contribution in [3.63, 3.8) is 0 Å². The SMILES string of the molecule is CCOCCn1c(=NC(=O)C=Cc2ccc([N+](=O)[O-])cc2)sc2cccc(F)c21. The molecule has 2 aromatic carbocycles. The first-order valence-electron chi connectivity index (χ1n) is 8.86. The number of benzene rings is 2. The van der Waals surface area contributed by atoms with Gasteiger partial charge in [0.1, 0.15) is 5.82 Å². The van der Waals surface area contributed by atoms with Crippen LogP contribution in [0.25, 0.3) is 16.3 Å². The van der Waals surface area contributed by atoms with Crippen LogP contribution in [0.2, 0.25) is 0 Å². The quantitative estimate of drug-likeness (QED) is 0.253. The van der Waals surface area contributed by atoms with Gasteiger partial charge in [-0.2, -0.15) is 4.99 Å². The average molecular weight is 415 g/mol. The lowest BCUT2D eigenvalue weighted by Gasteiger charge is -2.05. The number of fused-ring (bicyclic) bond motifs is 1. The Labute approximate surface area is 169 Å². The summed E-state index contributed by atoms with van der Waals surface area (Å²) in [5.41, 5.74) is 0.995. The summed E-state index contributed by atoms with van der Waals surface area (Å²) in [6.07, 6.45) is 2.79. The van der Waals surface area contributed by atoms with E-state index in [1.807, 2.05) is 6.92 Å².